The maximum Gasteiger partial charge on any atom is 0.407 e. The van der Waals surface area contributed by atoms with Crippen molar-refractivity contribution < 1.29 is 29.0 Å². The number of nitrogens with one attached hydrogen (secondary N) is 2. The van der Waals surface area contributed by atoms with Crippen LogP contribution in [-0.2, 0) is 19.1 Å². The molecule has 0 aliphatic heterocycles. The number of aliphatic carboxylic acids is 1. The van der Waals surface area contributed by atoms with Crippen molar-refractivity contribution in [3.63, 3.8) is 0 Å². The molecule has 0 saturated heterocycles. The number of ether oxygens (including phenoxy) is 2. The molecule has 2 aromatic carbocycles. The summed E-state index contributed by atoms with van der Waals surface area (Å²) < 4.78 is 11.0. The van der Waals surface area contributed by atoms with Gasteiger partial charge in [0.1, 0.15) is 12.6 Å². The second kappa shape index (κ2) is 11.2. The van der Waals surface area contributed by atoms with E-state index in [-0.39, 0.29) is 31.9 Å². The highest BCUT2D eigenvalue weighted by atomic mass is 16.5. The van der Waals surface area contributed by atoms with E-state index in [1.807, 2.05) is 50.2 Å². The lowest BCUT2D eigenvalue weighted by Gasteiger charge is -2.28. The Morgan fingerprint density at radius 2 is 1.62 bits per heavy atom. The summed E-state index contributed by atoms with van der Waals surface area (Å²) in [6.45, 7) is 3.97. The van der Waals surface area contributed by atoms with Crippen LogP contribution in [0.15, 0.2) is 48.5 Å². The number of amides is 2. The van der Waals surface area contributed by atoms with E-state index in [0.29, 0.717) is 6.42 Å². The summed E-state index contributed by atoms with van der Waals surface area (Å²) in [5.74, 6) is -1.43. The molecule has 1 atom stereocenters. The molecule has 1 unspecified atom stereocenters. The number of rotatable bonds is 11. The zero-order valence-corrected chi connectivity index (χ0v) is 19.8. The molecule has 2 aromatic rings. The summed E-state index contributed by atoms with van der Waals surface area (Å²) in [7, 11) is 1.54. The average Bonchev–Trinajstić information content (AvgIpc) is 3.13. The molecule has 0 heterocycles. The van der Waals surface area contributed by atoms with Crippen molar-refractivity contribution >= 4 is 18.0 Å². The number of carboxylic acid groups (broad SMARTS) is 1. The predicted molar refractivity (Wildman–Crippen MR) is 128 cm³/mol. The molecule has 34 heavy (non-hydrogen) atoms. The number of benzene rings is 2. The third-order valence-electron chi connectivity index (χ3n) is 6.07. The van der Waals surface area contributed by atoms with Gasteiger partial charge >= 0.3 is 12.1 Å². The summed E-state index contributed by atoms with van der Waals surface area (Å²) in [6.07, 6.45) is -0.224. The average molecular weight is 469 g/mol. The van der Waals surface area contributed by atoms with E-state index in [0.717, 1.165) is 22.3 Å². The van der Waals surface area contributed by atoms with Gasteiger partial charge < -0.3 is 25.2 Å². The summed E-state index contributed by atoms with van der Waals surface area (Å²) in [5, 5.41) is 14.1. The largest absolute Gasteiger partial charge is 0.481 e. The summed E-state index contributed by atoms with van der Waals surface area (Å²) in [4.78, 5) is 36.1. The highest BCUT2D eigenvalue weighted by Crippen LogP contribution is 2.44. The molecule has 0 aromatic heterocycles. The van der Waals surface area contributed by atoms with Gasteiger partial charge in [0.15, 0.2) is 0 Å². The Balaban J connectivity index is 1.64. The number of methoxy groups -OCH3 is 1. The number of hydrogen-bond donors (Lipinski definition) is 3. The van der Waals surface area contributed by atoms with Crippen LogP contribution >= 0.6 is 0 Å². The third-order valence-corrected chi connectivity index (χ3v) is 6.07. The molecule has 8 nitrogen and oxygen atoms in total. The zero-order chi connectivity index (χ0) is 24.7. The van der Waals surface area contributed by atoms with E-state index >= 15 is 0 Å². The smallest absolute Gasteiger partial charge is 0.407 e. The van der Waals surface area contributed by atoms with Gasteiger partial charge in [-0.05, 0) is 42.5 Å². The second-order valence-corrected chi connectivity index (χ2v) is 8.98. The van der Waals surface area contributed by atoms with Gasteiger partial charge in [0.05, 0.1) is 5.60 Å². The van der Waals surface area contributed by atoms with E-state index in [4.69, 9.17) is 14.6 Å². The molecule has 8 heteroatoms. The minimum Gasteiger partial charge on any atom is -0.481 e. The van der Waals surface area contributed by atoms with Crippen molar-refractivity contribution in [3.05, 3.63) is 59.7 Å². The van der Waals surface area contributed by atoms with Gasteiger partial charge in [-0.25, -0.2) is 4.79 Å². The molecule has 0 spiro atoms. The zero-order valence-electron chi connectivity index (χ0n) is 19.8. The van der Waals surface area contributed by atoms with Crippen molar-refractivity contribution in [3.8, 4) is 11.1 Å². The molecule has 1 aliphatic rings. The summed E-state index contributed by atoms with van der Waals surface area (Å²) in [5.41, 5.74) is 3.80. The summed E-state index contributed by atoms with van der Waals surface area (Å²) in [6, 6.07) is 15.2. The number of carbonyl (C=O) groups is 3. The monoisotopic (exact) mass is 468 g/mol. The van der Waals surface area contributed by atoms with Crippen molar-refractivity contribution in [2.24, 2.45) is 0 Å². The van der Waals surface area contributed by atoms with Gasteiger partial charge in [0.25, 0.3) is 0 Å². The standard InChI is InChI=1S/C26H32N2O6/c1-26(2,33-3)15-22(24(31)27-14-8-13-23(29)30)28-25(32)34-16-21-19-11-6-4-9-17(19)18-10-5-7-12-20(18)21/h4-7,9-12,21-22H,8,13-16H2,1-3H3,(H,27,31)(H,28,32)(H,29,30). The van der Waals surface area contributed by atoms with Crippen LogP contribution in [0.1, 0.15) is 50.2 Å². The third kappa shape index (κ3) is 6.35. The molecule has 182 valence electrons. The van der Waals surface area contributed by atoms with E-state index in [9.17, 15) is 14.4 Å². The molecular formula is C26H32N2O6. The second-order valence-electron chi connectivity index (χ2n) is 8.98. The first-order chi connectivity index (χ1) is 16.2. The van der Waals surface area contributed by atoms with Crippen molar-refractivity contribution in [2.75, 3.05) is 20.3 Å². The molecular weight excluding hydrogens is 436 g/mol. The van der Waals surface area contributed by atoms with Crippen LogP contribution in [0.4, 0.5) is 4.79 Å². The maximum absolute atomic E-state index is 12.7. The fraction of sp³-hybridized carbons (Fsp3) is 0.423. The van der Waals surface area contributed by atoms with E-state index in [2.05, 4.69) is 22.8 Å². The quantitative estimate of drug-likeness (QED) is 0.434. The molecule has 3 rings (SSSR count). The van der Waals surface area contributed by atoms with E-state index in [1.54, 1.807) is 0 Å². The van der Waals surface area contributed by atoms with Gasteiger partial charge in [-0.3, -0.25) is 9.59 Å². The van der Waals surface area contributed by atoms with Gasteiger partial charge in [-0.15, -0.1) is 0 Å². The highest BCUT2D eigenvalue weighted by molar-refractivity contribution is 5.86. The lowest BCUT2D eigenvalue weighted by Crippen LogP contribution is -2.50. The minimum atomic E-state index is -0.928. The topological polar surface area (TPSA) is 114 Å². The van der Waals surface area contributed by atoms with Gasteiger partial charge in [0.2, 0.25) is 5.91 Å². The number of hydrogen-bond acceptors (Lipinski definition) is 5. The van der Waals surface area contributed by atoms with Crippen LogP contribution in [-0.4, -0.2) is 55.0 Å². The van der Waals surface area contributed by atoms with Crippen LogP contribution in [0.3, 0.4) is 0 Å². The molecule has 0 saturated carbocycles. The Bertz CT molecular complexity index is 990. The number of carbonyl (C=O) groups excluding carboxylic acids is 2. The van der Waals surface area contributed by atoms with Gasteiger partial charge in [0, 0.05) is 32.4 Å². The SMILES string of the molecule is COC(C)(C)CC(NC(=O)OCC1c2ccccc2-c2ccccc21)C(=O)NCCCC(=O)O. The predicted octanol–water partition coefficient (Wildman–Crippen LogP) is 3.69. The van der Waals surface area contributed by atoms with Gasteiger partial charge in [-0.2, -0.15) is 0 Å². The van der Waals surface area contributed by atoms with E-state index in [1.165, 1.54) is 7.11 Å². The van der Waals surface area contributed by atoms with Gasteiger partial charge in [-0.1, -0.05) is 48.5 Å². The number of alkyl carbamates (subject to hydrolysis) is 1. The molecule has 0 bridgehead atoms. The summed E-state index contributed by atoms with van der Waals surface area (Å²) >= 11 is 0. The lowest BCUT2D eigenvalue weighted by molar-refractivity contribution is -0.137. The fourth-order valence-corrected chi connectivity index (χ4v) is 4.14. The Hall–Kier alpha value is -3.39. The maximum atomic E-state index is 12.7. The van der Waals surface area contributed by atoms with Crippen LogP contribution in [0.5, 0.6) is 0 Å². The first-order valence-corrected chi connectivity index (χ1v) is 11.4. The molecule has 0 radical (unpaired) electrons. The Labute approximate surface area is 199 Å². The van der Waals surface area contributed by atoms with E-state index < -0.39 is 29.6 Å². The molecule has 2 amide bonds. The van der Waals surface area contributed by atoms with Crippen LogP contribution in [0.25, 0.3) is 11.1 Å². The number of carboxylic acids is 1. The van der Waals surface area contributed by atoms with Crippen LogP contribution < -0.4 is 10.6 Å². The van der Waals surface area contributed by atoms with Crippen molar-refractivity contribution in [1.29, 1.82) is 0 Å². The molecule has 3 N–H and O–H groups in total. The fourth-order valence-electron chi connectivity index (χ4n) is 4.14. The number of fused-ring (bicyclic) bond motifs is 3. The normalized spacial score (nSPS) is 13.5. The molecule has 1 aliphatic carbocycles. The first-order valence-electron chi connectivity index (χ1n) is 11.4. The Morgan fingerprint density at radius 3 is 2.18 bits per heavy atom. The molecule has 0 fully saturated rings. The Morgan fingerprint density at radius 1 is 1.03 bits per heavy atom. The van der Waals surface area contributed by atoms with Crippen molar-refractivity contribution in [2.45, 2.75) is 50.7 Å². The lowest BCUT2D eigenvalue weighted by atomic mass is 9.98. The minimum absolute atomic E-state index is 0.0473. The van der Waals surface area contributed by atoms with Crippen molar-refractivity contribution in [1.82, 2.24) is 10.6 Å². The first kappa shape index (κ1) is 25.2. The van der Waals surface area contributed by atoms with Crippen LogP contribution in [0.2, 0.25) is 0 Å². The highest BCUT2D eigenvalue weighted by Gasteiger charge is 2.32. The van der Waals surface area contributed by atoms with Crippen LogP contribution in [0, 0.1) is 0 Å². The Kier molecular flexibility index (Phi) is 8.28.